The molecule has 3 nitrogen and oxygen atoms in total. The standard InChI is InChI=1S/C3H4ClNO2/c4-1-3(6)2-5-7/h1-2H2/i2D. The van der Waals surface area contributed by atoms with Gasteiger partial charge in [0.25, 0.3) is 0 Å². The lowest BCUT2D eigenvalue weighted by Gasteiger charge is -1.78. The zero-order valence-electron chi connectivity index (χ0n) is 4.43. The summed E-state index contributed by atoms with van der Waals surface area (Å²) < 4.78 is 6.51. The van der Waals surface area contributed by atoms with E-state index in [0.717, 1.165) is 0 Å². The lowest BCUT2D eigenvalue weighted by atomic mass is 10.5. The molecule has 7 heavy (non-hydrogen) atoms. The predicted molar refractivity (Wildman–Crippen MR) is 26.4 cm³/mol. The molecule has 0 rings (SSSR count). The molecule has 0 radical (unpaired) electrons. The van der Waals surface area contributed by atoms with Gasteiger partial charge in [0, 0.05) is 0 Å². The summed E-state index contributed by atoms with van der Waals surface area (Å²) in [4.78, 5) is 19.5. The molecule has 0 aromatic carbocycles. The van der Waals surface area contributed by atoms with Crippen LogP contribution in [0.1, 0.15) is 1.37 Å². The summed E-state index contributed by atoms with van der Waals surface area (Å²) in [6, 6.07) is 0. The Labute approximate surface area is 47.0 Å². The third-order valence-corrected chi connectivity index (χ3v) is 0.592. The average molecular weight is 123 g/mol. The maximum atomic E-state index is 10.1. The summed E-state index contributed by atoms with van der Waals surface area (Å²) in [6.45, 7) is -1.53. The van der Waals surface area contributed by atoms with Crippen molar-refractivity contribution in [3.8, 4) is 0 Å². The van der Waals surface area contributed by atoms with Crippen LogP contribution in [0, 0.1) is 4.91 Å². The highest BCUT2D eigenvalue weighted by Gasteiger charge is 1.94. The first-order valence-corrected chi connectivity index (χ1v) is 2.09. The number of nitroso groups, excluding NO2 is 1. The molecule has 0 aliphatic heterocycles. The van der Waals surface area contributed by atoms with Crippen molar-refractivity contribution in [1.82, 2.24) is 0 Å². The van der Waals surface area contributed by atoms with Gasteiger partial charge in [-0.25, -0.2) is 0 Å². The molecule has 0 spiro atoms. The first-order valence-electron chi connectivity index (χ1n) is 2.13. The molecule has 0 fully saturated rings. The Bertz CT molecular complexity index is 107. The molecule has 0 N–H and O–H groups in total. The quantitative estimate of drug-likeness (QED) is 0.406. The second-order valence-corrected chi connectivity index (χ2v) is 1.10. The summed E-state index contributed by atoms with van der Waals surface area (Å²) >= 11 is 4.96. The van der Waals surface area contributed by atoms with Crippen molar-refractivity contribution in [2.75, 3.05) is 12.4 Å². The van der Waals surface area contributed by atoms with E-state index in [4.69, 9.17) is 13.0 Å². The van der Waals surface area contributed by atoms with Gasteiger partial charge in [0.1, 0.15) is 6.52 Å². The summed E-state index contributed by atoms with van der Waals surface area (Å²) in [5.74, 6) is -0.985. The number of hydrogen-bond donors (Lipinski definition) is 0. The van der Waals surface area contributed by atoms with Crippen molar-refractivity contribution in [3.63, 3.8) is 0 Å². The van der Waals surface area contributed by atoms with Gasteiger partial charge in [0.05, 0.1) is 7.25 Å². The van der Waals surface area contributed by atoms with Crippen LogP contribution in [-0.2, 0) is 4.79 Å². The van der Waals surface area contributed by atoms with Crippen molar-refractivity contribution in [3.05, 3.63) is 4.91 Å². The predicted octanol–water partition coefficient (Wildman–Crippen LogP) is 0.561. The van der Waals surface area contributed by atoms with E-state index in [1.54, 1.807) is 0 Å². The molecule has 0 aromatic heterocycles. The molecular weight excluding hydrogens is 117 g/mol. The van der Waals surface area contributed by atoms with Crippen LogP contribution in [0.2, 0.25) is 0 Å². The van der Waals surface area contributed by atoms with Gasteiger partial charge in [-0.05, 0) is 0 Å². The van der Waals surface area contributed by atoms with E-state index in [-0.39, 0.29) is 5.88 Å². The minimum atomic E-state index is -1.53. The van der Waals surface area contributed by atoms with Crippen molar-refractivity contribution in [2.24, 2.45) is 5.18 Å². The highest BCUT2D eigenvalue weighted by Crippen LogP contribution is 1.77. The zero-order chi connectivity index (χ0) is 6.57. The molecule has 1 unspecified atom stereocenters. The van der Waals surface area contributed by atoms with Crippen LogP contribution in [-0.4, -0.2) is 18.2 Å². The van der Waals surface area contributed by atoms with E-state index in [0.29, 0.717) is 0 Å². The molecule has 0 saturated carbocycles. The molecule has 0 aliphatic carbocycles. The fourth-order valence-electron chi connectivity index (χ4n) is 0.0933. The maximum absolute atomic E-state index is 10.1. The third-order valence-electron chi connectivity index (χ3n) is 0.328. The Hall–Kier alpha value is -0.440. The third kappa shape index (κ3) is 3.39. The fraction of sp³-hybridized carbons (Fsp3) is 0.667. The van der Waals surface area contributed by atoms with Crippen molar-refractivity contribution >= 4 is 17.4 Å². The average Bonchev–Trinajstić information content (AvgIpc) is 1.84. The van der Waals surface area contributed by atoms with E-state index in [1.807, 2.05) is 0 Å². The Kier molecular flexibility index (Phi) is 2.52. The summed E-state index contributed by atoms with van der Waals surface area (Å²) in [6.07, 6.45) is 0. The molecule has 0 aromatic rings. The number of rotatable bonds is 3. The number of Topliss-reactive ketones (excluding diaryl/α,β-unsaturated/α-hetero) is 1. The monoisotopic (exact) mass is 122 g/mol. The van der Waals surface area contributed by atoms with Crippen LogP contribution < -0.4 is 0 Å². The van der Waals surface area contributed by atoms with E-state index in [2.05, 4.69) is 5.18 Å². The van der Waals surface area contributed by atoms with Gasteiger partial charge in [-0.1, -0.05) is 5.18 Å². The first kappa shape index (κ1) is 4.71. The molecular formula is C3H4ClNO2. The maximum Gasteiger partial charge on any atom is 0.172 e. The Morgan fingerprint density at radius 1 is 2.00 bits per heavy atom. The van der Waals surface area contributed by atoms with E-state index in [9.17, 15) is 9.70 Å². The summed E-state index contributed by atoms with van der Waals surface area (Å²) in [5, 5.41) is 2.14. The van der Waals surface area contributed by atoms with Crippen LogP contribution in [0.3, 0.4) is 0 Å². The number of nitrogens with zero attached hydrogens (tertiary/aromatic N) is 1. The smallest absolute Gasteiger partial charge is 0.172 e. The molecule has 0 saturated heterocycles. The topological polar surface area (TPSA) is 46.5 Å². The number of ketones is 1. The van der Waals surface area contributed by atoms with E-state index < -0.39 is 12.3 Å². The van der Waals surface area contributed by atoms with Gasteiger partial charge in [-0.15, -0.1) is 11.6 Å². The zero-order valence-corrected chi connectivity index (χ0v) is 4.18. The largest absolute Gasteiger partial charge is 0.296 e. The number of carbonyl (C=O) groups is 1. The molecule has 0 aliphatic rings. The fourth-order valence-corrected chi connectivity index (χ4v) is 0.162. The highest BCUT2D eigenvalue weighted by atomic mass is 35.5. The lowest BCUT2D eigenvalue weighted by Crippen LogP contribution is -2.01. The second kappa shape index (κ2) is 3.74. The van der Waals surface area contributed by atoms with Gasteiger partial charge < -0.3 is 0 Å². The minimum Gasteiger partial charge on any atom is -0.296 e. The highest BCUT2D eigenvalue weighted by molar-refractivity contribution is 6.27. The molecule has 1 atom stereocenters. The number of halogens is 1. The van der Waals surface area contributed by atoms with Gasteiger partial charge in [0.15, 0.2) is 5.78 Å². The van der Waals surface area contributed by atoms with Gasteiger partial charge >= 0.3 is 0 Å². The van der Waals surface area contributed by atoms with Crippen LogP contribution in [0.15, 0.2) is 5.18 Å². The van der Waals surface area contributed by atoms with Crippen molar-refractivity contribution in [1.29, 1.82) is 0 Å². The number of carbonyl (C=O) groups excluding carboxylic acids is 1. The summed E-state index contributed by atoms with van der Waals surface area (Å²) in [7, 11) is 0. The van der Waals surface area contributed by atoms with Gasteiger partial charge in [-0.2, -0.15) is 4.91 Å². The van der Waals surface area contributed by atoms with Gasteiger partial charge in [0.2, 0.25) is 0 Å². The molecule has 40 valence electrons. The van der Waals surface area contributed by atoms with Crippen LogP contribution in [0.25, 0.3) is 0 Å². The number of hydrogen-bond acceptors (Lipinski definition) is 3. The summed E-state index contributed by atoms with van der Waals surface area (Å²) in [5.41, 5.74) is 0. The van der Waals surface area contributed by atoms with Crippen LogP contribution in [0.4, 0.5) is 0 Å². The van der Waals surface area contributed by atoms with Crippen molar-refractivity contribution < 1.29 is 6.17 Å². The normalized spacial score (nSPS) is 14.7. The Balaban J connectivity index is 3.62. The SMILES string of the molecule is [2H]C(N=O)C(=O)CCl. The van der Waals surface area contributed by atoms with Crippen LogP contribution in [0.5, 0.6) is 0 Å². The van der Waals surface area contributed by atoms with Crippen molar-refractivity contribution in [2.45, 2.75) is 0 Å². The van der Waals surface area contributed by atoms with Crippen LogP contribution >= 0.6 is 11.6 Å². The van der Waals surface area contributed by atoms with E-state index >= 15 is 0 Å². The first-order chi connectivity index (χ1) is 3.72. The minimum absolute atomic E-state index is 0.320. The molecule has 0 heterocycles. The Morgan fingerprint density at radius 3 is 2.71 bits per heavy atom. The number of alkyl halides is 1. The Morgan fingerprint density at radius 2 is 2.57 bits per heavy atom. The second-order valence-electron chi connectivity index (χ2n) is 0.834. The molecule has 4 heteroatoms. The molecule has 0 bridgehead atoms. The lowest BCUT2D eigenvalue weighted by molar-refractivity contribution is -0.115. The molecule has 0 amide bonds. The van der Waals surface area contributed by atoms with E-state index in [1.165, 1.54) is 0 Å². The van der Waals surface area contributed by atoms with Gasteiger partial charge in [-0.3, -0.25) is 4.79 Å².